The largest absolute Gasteiger partial charge is 0.337 e. The van der Waals surface area contributed by atoms with Crippen molar-refractivity contribution < 1.29 is 9.59 Å². The van der Waals surface area contributed by atoms with Crippen molar-refractivity contribution in [3.8, 4) is 0 Å². The summed E-state index contributed by atoms with van der Waals surface area (Å²) < 4.78 is 0. The van der Waals surface area contributed by atoms with E-state index in [0.717, 1.165) is 18.7 Å². The van der Waals surface area contributed by atoms with E-state index in [-0.39, 0.29) is 23.9 Å². The van der Waals surface area contributed by atoms with Gasteiger partial charge in [0.1, 0.15) is 0 Å². The van der Waals surface area contributed by atoms with Crippen molar-refractivity contribution in [1.82, 2.24) is 4.90 Å². The molecule has 2 aliphatic heterocycles. The second kappa shape index (κ2) is 4.58. The highest BCUT2D eigenvalue weighted by atomic mass is 32.1. The molecule has 0 aromatic carbocycles. The topological polar surface area (TPSA) is 40.6 Å². The lowest BCUT2D eigenvalue weighted by atomic mass is 10.1. The number of hydrogen-bond donors (Lipinski definition) is 0. The van der Waals surface area contributed by atoms with E-state index in [9.17, 15) is 9.59 Å². The fourth-order valence-corrected chi connectivity index (χ4v) is 4.20. The molecule has 0 spiro atoms. The summed E-state index contributed by atoms with van der Waals surface area (Å²) in [6.45, 7) is 0.814. The smallest absolute Gasteiger partial charge is 0.229 e. The predicted octanol–water partition coefficient (Wildman–Crippen LogP) is 2.25. The van der Waals surface area contributed by atoms with E-state index in [1.807, 2.05) is 26.6 Å². The van der Waals surface area contributed by atoms with E-state index < -0.39 is 0 Å². The summed E-state index contributed by atoms with van der Waals surface area (Å²) in [6, 6.07) is 2.30. The molecular formula is C15H18N2O2S. The van der Waals surface area contributed by atoms with E-state index in [1.165, 1.54) is 12.8 Å². The summed E-state index contributed by atoms with van der Waals surface area (Å²) in [7, 11) is 0. The van der Waals surface area contributed by atoms with Crippen LogP contribution >= 0.6 is 11.3 Å². The normalized spacial score (nSPS) is 29.1. The lowest BCUT2D eigenvalue weighted by Crippen LogP contribution is -2.40. The first-order valence-electron chi connectivity index (χ1n) is 7.38. The molecule has 20 heavy (non-hydrogen) atoms. The van der Waals surface area contributed by atoms with Crippen molar-refractivity contribution in [2.45, 2.75) is 44.2 Å². The van der Waals surface area contributed by atoms with Crippen LogP contribution in [0.15, 0.2) is 16.8 Å². The van der Waals surface area contributed by atoms with Gasteiger partial charge >= 0.3 is 0 Å². The number of rotatable bonds is 3. The Balaban J connectivity index is 1.53. The molecule has 3 heterocycles. The molecule has 3 aliphatic rings. The van der Waals surface area contributed by atoms with Crippen molar-refractivity contribution in [3.63, 3.8) is 0 Å². The maximum absolute atomic E-state index is 12.3. The first kappa shape index (κ1) is 12.4. The monoisotopic (exact) mass is 290 g/mol. The number of hydrogen-bond acceptors (Lipinski definition) is 3. The average Bonchev–Trinajstić information content (AvgIpc) is 2.85. The number of thiophene rings is 1. The van der Waals surface area contributed by atoms with Crippen LogP contribution in [0.25, 0.3) is 0 Å². The Hall–Kier alpha value is -1.36. The molecule has 0 N–H and O–H groups in total. The summed E-state index contributed by atoms with van der Waals surface area (Å²) in [5.41, 5.74) is 1.00. The van der Waals surface area contributed by atoms with Crippen molar-refractivity contribution in [2.75, 3.05) is 11.4 Å². The molecule has 3 fully saturated rings. The lowest BCUT2D eigenvalue weighted by molar-refractivity contribution is -0.132. The van der Waals surface area contributed by atoms with Crippen LogP contribution in [0.2, 0.25) is 0 Å². The first-order chi connectivity index (χ1) is 9.74. The Morgan fingerprint density at radius 3 is 2.85 bits per heavy atom. The first-order valence-corrected chi connectivity index (χ1v) is 8.32. The molecule has 2 atom stereocenters. The van der Waals surface area contributed by atoms with Gasteiger partial charge in [-0.25, -0.2) is 0 Å². The van der Waals surface area contributed by atoms with Crippen LogP contribution in [0.4, 0.5) is 5.69 Å². The zero-order chi connectivity index (χ0) is 13.7. The van der Waals surface area contributed by atoms with Gasteiger partial charge in [0.15, 0.2) is 0 Å². The van der Waals surface area contributed by atoms with Gasteiger partial charge in [-0.1, -0.05) is 0 Å². The van der Waals surface area contributed by atoms with Gasteiger partial charge in [0.2, 0.25) is 11.8 Å². The predicted molar refractivity (Wildman–Crippen MR) is 77.7 cm³/mol. The van der Waals surface area contributed by atoms with E-state index in [2.05, 4.69) is 0 Å². The van der Waals surface area contributed by atoms with Gasteiger partial charge in [-0.05, 0) is 36.6 Å². The number of carbonyl (C=O) groups excluding carboxylic acids is 2. The van der Waals surface area contributed by atoms with Crippen LogP contribution in [0.1, 0.15) is 32.1 Å². The molecule has 2 amide bonds. The van der Waals surface area contributed by atoms with Crippen molar-refractivity contribution in [2.24, 2.45) is 5.92 Å². The molecule has 1 aliphatic carbocycles. The SMILES string of the molecule is O=C(CC1CC1)N1CC[C@H]2[C@H]1CC(=O)N2c1ccsc1. The molecule has 4 nitrogen and oxygen atoms in total. The molecule has 1 saturated carbocycles. The Morgan fingerprint density at radius 2 is 2.15 bits per heavy atom. The molecule has 1 aromatic heterocycles. The van der Waals surface area contributed by atoms with Crippen LogP contribution in [-0.2, 0) is 9.59 Å². The quantitative estimate of drug-likeness (QED) is 0.856. The third-order valence-corrected chi connectivity index (χ3v) is 5.43. The van der Waals surface area contributed by atoms with Crippen molar-refractivity contribution in [3.05, 3.63) is 16.8 Å². The number of anilines is 1. The summed E-state index contributed by atoms with van der Waals surface area (Å²) in [5.74, 6) is 1.05. The van der Waals surface area contributed by atoms with Gasteiger partial charge in [-0.2, -0.15) is 11.3 Å². The zero-order valence-electron chi connectivity index (χ0n) is 11.3. The van der Waals surface area contributed by atoms with E-state index in [1.54, 1.807) is 11.3 Å². The minimum Gasteiger partial charge on any atom is -0.337 e. The van der Waals surface area contributed by atoms with E-state index in [4.69, 9.17) is 0 Å². The summed E-state index contributed by atoms with van der Waals surface area (Å²) in [6.07, 6.45) is 4.51. The number of carbonyl (C=O) groups is 2. The lowest BCUT2D eigenvalue weighted by Gasteiger charge is -2.24. The van der Waals surface area contributed by atoms with E-state index in [0.29, 0.717) is 18.8 Å². The second-order valence-corrected chi connectivity index (χ2v) is 6.89. The summed E-state index contributed by atoms with van der Waals surface area (Å²) in [4.78, 5) is 28.5. The van der Waals surface area contributed by atoms with Crippen LogP contribution in [-0.4, -0.2) is 35.3 Å². The summed E-state index contributed by atoms with van der Waals surface area (Å²) >= 11 is 1.61. The van der Waals surface area contributed by atoms with Gasteiger partial charge < -0.3 is 9.80 Å². The van der Waals surface area contributed by atoms with Crippen molar-refractivity contribution in [1.29, 1.82) is 0 Å². The highest BCUT2D eigenvalue weighted by Crippen LogP contribution is 2.39. The van der Waals surface area contributed by atoms with Crippen LogP contribution in [0.3, 0.4) is 0 Å². The third-order valence-electron chi connectivity index (χ3n) is 4.76. The average molecular weight is 290 g/mol. The van der Waals surface area contributed by atoms with Gasteiger partial charge in [0.25, 0.3) is 0 Å². The van der Waals surface area contributed by atoms with Crippen molar-refractivity contribution >= 4 is 28.8 Å². The molecule has 2 saturated heterocycles. The molecular weight excluding hydrogens is 272 g/mol. The number of likely N-dealkylation sites (tertiary alicyclic amines) is 1. The molecule has 0 radical (unpaired) electrons. The Morgan fingerprint density at radius 1 is 1.30 bits per heavy atom. The minimum absolute atomic E-state index is 0.105. The summed E-state index contributed by atoms with van der Waals surface area (Å²) in [5, 5.41) is 4.02. The number of fused-ring (bicyclic) bond motifs is 1. The van der Waals surface area contributed by atoms with Crippen LogP contribution in [0.5, 0.6) is 0 Å². The van der Waals surface area contributed by atoms with E-state index >= 15 is 0 Å². The highest BCUT2D eigenvalue weighted by Gasteiger charge is 2.49. The molecule has 1 aromatic rings. The standard InChI is InChI=1S/C15H18N2O2S/c18-14(7-10-1-2-10)16-5-3-12-13(16)8-15(19)17(12)11-4-6-20-9-11/h4,6,9-10,12-13H,1-3,5,7-8H2/t12-,13+/m0/s1. The maximum atomic E-state index is 12.3. The maximum Gasteiger partial charge on any atom is 0.229 e. The van der Waals surface area contributed by atoms with Crippen LogP contribution in [0, 0.1) is 5.92 Å². The Kier molecular flexibility index (Phi) is 2.84. The van der Waals surface area contributed by atoms with Crippen LogP contribution < -0.4 is 4.90 Å². The van der Waals surface area contributed by atoms with Gasteiger partial charge in [0.05, 0.1) is 17.8 Å². The molecule has 4 rings (SSSR count). The molecule has 5 heteroatoms. The number of nitrogens with zero attached hydrogens (tertiary/aromatic N) is 2. The Labute approximate surface area is 122 Å². The number of amides is 2. The third kappa shape index (κ3) is 1.95. The van der Waals surface area contributed by atoms with Gasteiger partial charge in [0, 0.05) is 24.8 Å². The second-order valence-electron chi connectivity index (χ2n) is 6.11. The Bertz CT molecular complexity index is 538. The molecule has 0 bridgehead atoms. The zero-order valence-corrected chi connectivity index (χ0v) is 12.1. The van der Waals surface area contributed by atoms with Gasteiger partial charge in [-0.15, -0.1) is 0 Å². The molecule has 0 unspecified atom stereocenters. The fraction of sp³-hybridized carbons (Fsp3) is 0.600. The van der Waals surface area contributed by atoms with Gasteiger partial charge in [-0.3, -0.25) is 9.59 Å². The highest BCUT2D eigenvalue weighted by molar-refractivity contribution is 7.08. The molecule has 106 valence electrons. The minimum atomic E-state index is 0.105. The fourth-order valence-electron chi connectivity index (χ4n) is 3.57.